The van der Waals surface area contributed by atoms with Crippen molar-refractivity contribution in [1.29, 1.82) is 0 Å². The summed E-state index contributed by atoms with van der Waals surface area (Å²) in [6.45, 7) is 1.75. The first-order valence-electron chi connectivity index (χ1n) is 8.77. The smallest absolute Gasteiger partial charge is 0.239 e. The normalized spacial score (nSPS) is 18.2. The monoisotopic (exact) mass is 412 g/mol. The lowest BCUT2D eigenvalue weighted by atomic mass is 10.1. The van der Waals surface area contributed by atoms with Crippen molar-refractivity contribution in [2.24, 2.45) is 10.7 Å². The van der Waals surface area contributed by atoms with E-state index in [0.29, 0.717) is 28.1 Å². The van der Waals surface area contributed by atoms with Crippen LogP contribution in [0.3, 0.4) is 0 Å². The van der Waals surface area contributed by atoms with Gasteiger partial charge in [-0.05, 0) is 31.0 Å². The number of amides is 1. The highest BCUT2D eigenvalue weighted by molar-refractivity contribution is 6.35. The van der Waals surface area contributed by atoms with Crippen LogP contribution in [0.1, 0.15) is 12.8 Å². The molecule has 1 aliphatic heterocycles. The van der Waals surface area contributed by atoms with Gasteiger partial charge in [0.2, 0.25) is 5.91 Å². The standard InChI is InChI=1S/C18H26Cl2N6O/c1-22-16(21)9-17(23-2)26-5-3-4-14(11-26)25-18(27)10-24-15-7-12(19)6-13(20)8-15/h6-9,14,23-24H,3-5,10-11H2,1-2H3,(H2,21,22)(H,25,27)/b17-9+/t14-/m1/s1. The fourth-order valence-corrected chi connectivity index (χ4v) is 3.48. The number of aliphatic imine (C=N–C) groups is 1. The molecule has 1 heterocycles. The fraction of sp³-hybridized carbons (Fsp3) is 0.444. The van der Waals surface area contributed by atoms with Crippen molar-refractivity contribution in [2.75, 3.05) is 39.0 Å². The second-order valence-electron chi connectivity index (χ2n) is 6.29. The Morgan fingerprint density at radius 2 is 2.07 bits per heavy atom. The van der Waals surface area contributed by atoms with Gasteiger partial charge in [-0.2, -0.15) is 0 Å². The summed E-state index contributed by atoms with van der Waals surface area (Å²) >= 11 is 11.9. The molecule has 148 valence electrons. The maximum atomic E-state index is 12.3. The number of rotatable bonds is 7. The summed E-state index contributed by atoms with van der Waals surface area (Å²) in [6, 6.07) is 5.17. The molecule has 1 aliphatic rings. The zero-order valence-corrected chi connectivity index (χ0v) is 17.1. The van der Waals surface area contributed by atoms with Crippen LogP contribution in [-0.2, 0) is 4.79 Å². The Morgan fingerprint density at radius 1 is 1.37 bits per heavy atom. The van der Waals surface area contributed by atoms with Crippen molar-refractivity contribution < 1.29 is 4.79 Å². The van der Waals surface area contributed by atoms with E-state index in [1.807, 2.05) is 7.05 Å². The lowest BCUT2D eigenvalue weighted by Crippen LogP contribution is -2.50. The van der Waals surface area contributed by atoms with Gasteiger partial charge in [-0.1, -0.05) is 23.2 Å². The van der Waals surface area contributed by atoms with E-state index in [1.165, 1.54) is 0 Å². The van der Waals surface area contributed by atoms with Crippen molar-refractivity contribution in [3.05, 3.63) is 40.1 Å². The van der Waals surface area contributed by atoms with Crippen molar-refractivity contribution in [3.8, 4) is 0 Å². The molecular formula is C18H26Cl2N6O. The lowest BCUT2D eigenvalue weighted by Gasteiger charge is -2.36. The molecule has 9 heteroatoms. The summed E-state index contributed by atoms with van der Waals surface area (Å²) < 4.78 is 0. The molecule has 1 aromatic rings. The molecule has 0 aromatic heterocycles. The van der Waals surface area contributed by atoms with Crippen molar-refractivity contribution in [2.45, 2.75) is 18.9 Å². The van der Waals surface area contributed by atoms with Gasteiger partial charge in [0, 0.05) is 55.0 Å². The highest BCUT2D eigenvalue weighted by atomic mass is 35.5. The molecule has 5 N–H and O–H groups in total. The lowest BCUT2D eigenvalue weighted by molar-refractivity contribution is -0.120. The van der Waals surface area contributed by atoms with Gasteiger partial charge in [-0.15, -0.1) is 0 Å². The van der Waals surface area contributed by atoms with E-state index in [0.717, 1.165) is 25.2 Å². The van der Waals surface area contributed by atoms with Gasteiger partial charge in [0.25, 0.3) is 0 Å². The number of nitrogens with two attached hydrogens (primary N) is 1. The summed E-state index contributed by atoms with van der Waals surface area (Å²) in [5, 5.41) is 10.3. The second kappa shape index (κ2) is 10.3. The summed E-state index contributed by atoms with van der Waals surface area (Å²) in [5.74, 6) is 1.27. The largest absolute Gasteiger partial charge is 0.384 e. The second-order valence-corrected chi connectivity index (χ2v) is 7.17. The first-order valence-corrected chi connectivity index (χ1v) is 9.53. The van der Waals surface area contributed by atoms with Crippen LogP contribution >= 0.6 is 23.2 Å². The van der Waals surface area contributed by atoms with Crippen LogP contribution in [-0.4, -0.2) is 56.4 Å². The Hall–Kier alpha value is -2.12. The minimum atomic E-state index is -0.0810. The molecule has 0 unspecified atom stereocenters. The van der Waals surface area contributed by atoms with Crippen molar-refractivity contribution in [3.63, 3.8) is 0 Å². The van der Waals surface area contributed by atoms with E-state index in [-0.39, 0.29) is 18.5 Å². The summed E-state index contributed by atoms with van der Waals surface area (Å²) in [5.41, 5.74) is 6.51. The number of carbonyl (C=O) groups excluding carboxylic acids is 1. The Bertz CT molecular complexity index is 702. The molecule has 2 rings (SSSR count). The Morgan fingerprint density at radius 3 is 2.70 bits per heavy atom. The summed E-state index contributed by atoms with van der Waals surface area (Å²) in [7, 11) is 3.50. The zero-order chi connectivity index (χ0) is 19.8. The van der Waals surface area contributed by atoms with E-state index in [1.54, 1.807) is 31.3 Å². The number of hydrogen-bond acceptors (Lipinski definition) is 5. The zero-order valence-electron chi connectivity index (χ0n) is 15.6. The number of benzene rings is 1. The number of halogens is 2. The molecule has 1 fully saturated rings. The summed E-state index contributed by atoms with van der Waals surface area (Å²) in [6.07, 6.45) is 3.71. The van der Waals surface area contributed by atoms with Crippen LogP contribution in [0.5, 0.6) is 0 Å². The van der Waals surface area contributed by atoms with Crippen LogP contribution in [0.4, 0.5) is 5.69 Å². The van der Waals surface area contributed by atoms with Crippen molar-refractivity contribution >= 4 is 40.6 Å². The number of hydrogen-bond donors (Lipinski definition) is 4. The number of piperidine rings is 1. The maximum Gasteiger partial charge on any atom is 0.239 e. The number of anilines is 1. The van der Waals surface area contributed by atoms with E-state index in [2.05, 4.69) is 25.8 Å². The first-order chi connectivity index (χ1) is 12.9. The quantitative estimate of drug-likeness (QED) is 0.406. The van der Waals surface area contributed by atoms with E-state index < -0.39 is 0 Å². The minimum Gasteiger partial charge on any atom is -0.384 e. The third-order valence-corrected chi connectivity index (χ3v) is 4.68. The Balaban J connectivity index is 1.89. The predicted octanol–water partition coefficient (Wildman–Crippen LogP) is 2.03. The molecule has 1 amide bonds. The van der Waals surface area contributed by atoms with E-state index >= 15 is 0 Å². The third-order valence-electron chi connectivity index (χ3n) is 4.24. The van der Waals surface area contributed by atoms with Crippen LogP contribution in [0.15, 0.2) is 35.1 Å². The molecule has 7 nitrogen and oxygen atoms in total. The number of likely N-dealkylation sites (tertiary alicyclic amines) is 1. The third kappa shape index (κ3) is 6.84. The summed E-state index contributed by atoms with van der Waals surface area (Å²) in [4.78, 5) is 18.4. The Kier molecular flexibility index (Phi) is 8.06. The van der Waals surface area contributed by atoms with Gasteiger partial charge in [0.05, 0.1) is 6.54 Å². The van der Waals surface area contributed by atoms with Crippen LogP contribution in [0.2, 0.25) is 10.0 Å². The molecule has 0 spiro atoms. The molecular weight excluding hydrogens is 387 g/mol. The maximum absolute atomic E-state index is 12.3. The molecule has 1 aromatic carbocycles. The predicted molar refractivity (Wildman–Crippen MR) is 112 cm³/mol. The van der Waals surface area contributed by atoms with Crippen molar-refractivity contribution in [1.82, 2.24) is 15.5 Å². The van der Waals surface area contributed by atoms with Gasteiger partial charge >= 0.3 is 0 Å². The highest BCUT2D eigenvalue weighted by Gasteiger charge is 2.22. The number of amidine groups is 1. The molecule has 27 heavy (non-hydrogen) atoms. The molecule has 0 radical (unpaired) electrons. The molecule has 0 saturated carbocycles. The topological polar surface area (TPSA) is 94.8 Å². The highest BCUT2D eigenvalue weighted by Crippen LogP contribution is 2.22. The van der Waals surface area contributed by atoms with E-state index in [9.17, 15) is 4.79 Å². The molecule has 1 atom stereocenters. The average molecular weight is 413 g/mol. The number of carbonyl (C=O) groups is 1. The van der Waals surface area contributed by atoms with Gasteiger partial charge in [0.1, 0.15) is 11.7 Å². The number of nitrogens with one attached hydrogen (secondary N) is 3. The Labute approximate surface area is 170 Å². The van der Waals surface area contributed by atoms with E-state index in [4.69, 9.17) is 28.9 Å². The minimum absolute atomic E-state index is 0.0625. The van der Waals surface area contributed by atoms with Gasteiger partial charge in [-0.3, -0.25) is 9.79 Å². The van der Waals surface area contributed by atoms with Crippen LogP contribution in [0, 0.1) is 0 Å². The molecule has 0 aliphatic carbocycles. The molecule has 0 bridgehead atoms. The van der Waals surface area contributed by atoms with Gasteiger partial charge < -0.3 is 26.6 Å². The van der Waals surface area contributed by atoms with Crippen LogP contribution in [0.25, 0.3) is 0 Å². The SMILES string of the molecule is CN=C(N)/C=C(\NC)N1CCC[C@@H](NC(=O)CNc2cc(Cl)cc(Cl)c2)C1. The van der Waals surface area contributed by atoms with Gasteiger partial charge in [-0.25, -0.2) is 0 Å². The van der Waals surface area contributed by atoms with Crippen LogP contribution < -0.4 is 21.7 Å². The molecule has 1 saturated heterocycles. The first kappa shape index (κ1) is 21.2. The van der Waals surface area contributed by atoms with Gasteiger partial charge in [0.15, 0.2) is 0 Å². The average Bonchev–Trinajstić information content (AvgIpc) is 2.63. The fourth-order valence-electron chi connectivity index (χ4n) is 2.96. The number of nitrogens with zero attached hydrogens (tertiary/aromatic N) is 2.